The van der Waals surface area contributed by atoms with E-state index < -0.39 is 5.82 Å². The van der Waals surface area contributed by atoms with Crippen molar-refractivity contribution in [3.8, 4) is 0 Å². The molecule has 1 N–H and O–H groups in total. The van der Waals surface area contributed by atoms with Gasteiger partial charge in [0.1, 0.15) is 5.82 Å². The summed E-state index contributed by atoms with van der Waals surface area (Å²) in [5, 5.41) is 3.37. The first kappa shape index (κ1) is 15.8. The summed E-state index contributed by atoms with van der Waals surface area (Å²) in [5.74, 6) is -0.745. The molecular formula is C19H15FN2O2. The Labute approximate surface area is 138 Å². The number of aryl methyl sites for hydroxylation is 1. The number of benzene rings is 2. The van der Waals surface area contributed by atoms with Crippen LogP contribution in [0.15, 0.2) is 48.5 Å². The maximum atomic E-state index is 13.4. The number of halogens is 1. The number of hydrogen-bond donors (Lipinski definition) is 1. The Bertz CT molecular complexity index is 944. The number of anilines is 1. The maximum Gasteiger partial charge on any atom is 0.256 e. The fraction of sp³-hybridized carbons (Fsp3) is 0.105. The molecule has 0 radical (unpaired) electrons. The van der Waals surface area contributed by atoms with Gasteiger partial charge in [0, 0.05) is 28.4 Å². The van der Waals surface area contributed by atoms with Gasteiger partial charge in [-0.15, -0.1) is 0 Å². The Morgan fingerprint density at radius 1 is 1.04 bits per heavy atom. The number of hydrogen-bond acceptors (Lipinski definition) is 3. The van der Waals surface area contributed by atoms with E-state index >= 15 is 0 Å². The van der Waals surface area contributed by atoms with Crippen molar-refractivity contribution >= 4 is 28.3 Å². The lowest BCUT2D eigenvalue weighted by Gasteiger charge is -2.09. The quantitative estimate of drug-likeness (QED) is 0.737. The summed E-state index contributed by atoms with van der Waals surface area (Å²) in [4.78, 5) is 28.1. The normalized spacial score (nSPS) is 10.6. The van der Waals surface area contributed by atoms with Gasteiger partial charge in [0.05, 0.1) is 11.1 Å². The molecule has 0 saturated heterocycles. The molecule has 0 aliphatic heterocycles. The molecule has 3 aromatic rings. The molecule has 0 unspecified atom stereocenters. The standard InChI is InChI=1S/C19H15FN2O2/c1-11-9-17(16-8-5-14(20)10-18(16)21-11)19(24)22-15-6-3-13(4-7-15)12(2)23/h3-10H,1-2H3,(H,22,24). The van der Waals surface area contributed by atoms with Crippen LogP contribution in [0.1, 0.15) is 33.3 Å². The number of Topliss-reactive ketones (excluding diaryl/α,β-unsaturated/α-hetero) is 1. The largest absolute Gasteiger partial charge is 0.322 e. The second-order valence-electron chi connectivity index (χ2n) is 5.56. The van der Waals surface area contributed by atoms with Gasteiger partial charge in [-0.1, -0.05) is 0 Å². The Hall–Kier alpha value is -3.08. The molecule has 0 saturated carbocycles. The number of nitrogens with zero attached hydrogens (tertiary/aromatic N) is 1. The second kappa shape index (κ2) is 6.20. The van der Waals surface area contributed by atoms with Gasteiger partial charge in [0.25, 0.3) is 5.91 Å². The van der Waals surface area contributed by atoms with Gasteiger partial charge in [0.2, 0.25) is 0 Å². The van der Waals surface area contributed by atoms with Crippen LogP contribution in [0.3, 0.4) is 0 Å². The molecule has 5 heteroatoms. The molecule has 0 fully saturated rings. The summed E-state index contributed by atoms with van der Waals surface area (Å²) in [5.41, 5.74) is 2.65. The van der Waals surface area contributed by atoms with Crippen molar-refractivity contribution in [2.24, 2.45) is 0 Å². The fourth-order valence-corrected chi connectivity index (χ4v) is 2.51. The number of rotatable bonds is 3. The summed E-state index contributed by atoms with van der Waals surface area (Å²) >= 11 is 0. The zero-order chi connectivity index (χ0) is 17.3. The molecule has 1 amide bonds. The Kier molecular flexibility index (Phi) is 4.08. The zero-order valence-corrected chi connectivity index (χ0v) is 13.3. The number of ketones is 1. The highest BCUT2D eigenvalue weighted by Crippen LogP contribution is 2.21. The smallest absolute Gasteiger partial charge is 0.256 e. The van der Waals surface area contributed by atoms with Gasteiger partial charge in [-0.3, -0.25) is 14.6 Å². The second-order valence-corrected chi connectivity index (χ2v) is 5.56. The number of amides is 1. The number of fused-ring (bicyclic) bond motifs is 1. The monoisotopic (exact) mass is 322 g/mol. The molecule has 4 nitrogen and oxygen atoms in total. The summed E-state index contributed by atoms with van der Waals surface area (Å²) in [7, 11) is 0. The van der Waals surface area contributed by atoms with E-state index in [-0.39, 0.29) is 11.7 Å². The van der Waals surface area contributed by atoms with Gasteiger partial charge in [-0.2, -0.15) is 0 Å². The van der Waals surface area contributed by atoms with Crippen LogP contribution in [0.2, 0.25) is 0 Å². The predicted octanol–water partition coefficient (Wildman–Crippen LogP) is 4.14. The molecule has 0 aliphatic rings. The lowest BCUT2D eigenvalue weighted by atomic mass is 10.1. The van der Waals surface area contributed by atoms with Gasteiger partial charge in [-0.05, 0) is 56.3 Å². The minimum absolute atomic E-state index is 0.0364. The molecule has 120 valence electrons. The van der Waals surface area contributed by atoms with E-state index in [0.717, 1.165) is 0 Å². The van der Waals surface area contributed by atoms with E-state index in [0.29, 0.717) is 33.4 Å². The maximum absolute atomic E-state index is 13.4. The third-order valence-corrected chi connectivity index (χ3v) is 3.69. The van der Waals surface area contributed by atoms with Crippen LogP contribution in [-0.2, 0) is 0 Å². The van der Waals surface area contributed by atoms with Crippen molar-refractivity contribution in [1.82, 2.24) is 4.98 Å². The highest BCUT2D eigenvalue weighted by molar-refractivity contribution is 6.12. The van der Waals surface area contributed by atoms with Crippen LogP contribution in [0.4, 0.5) is 10.1 Å². The predicted molar refractivity (Wildman–Crippen MR) is 90.8 cm³/mol. The zero-order valence-electron chi connectivity index (χ0n) is 13.3. The number of carbonyl (C=O) groups excluding carboxylic acids is 2. The van der Waals surface area contributed by atoms with Crippen LogP contribution < -0.4 is 5.32 Å². The van der Waals surface area contributed by atoms with Crippen molar-refractivity contribution < 1.29 is 14.0 Å². The summed E-state index contributed by atoms with van der Waals surface area (Å²) in [6.07, 6.45) is 0. The Balaban J connectivity index is 1.95. The average molecular weight is 322 g/mol. The molecular weight excluding hydrogens is 307 g/mol. The summed E-state index contributed by atoms with van der Waals surface area (Å²) in [6.45, 7) is 3.24. The van der Waals surface area contributed by atoms with Crippen LogP contribution in [0.5, 0.6) is 0 Å². The molecule has 2 aromatic carbocycles. The lowest BCUT2D eigenvalue weighted by Crippen LogP contribution is -2.13. The first-order chi connectivity index (χ1) is 11.4. The molecule has 0 aliphatic carbocycles. The highest BCUT2D eigenvalue weighted by atomic mass is 19.1. The van der Waals surface area contributed by atoms with Gasteiger partial charge in [-0.25, -0.2) is 4.39 Å². The number of aromatic nitrogens is 1. The summed E-state index contributed by atoms with van der Waals surface area (Å²) < 4.78 is 13.4. The number of nitrogens with one attached hydrogen (secondary N) is 1. The van der Waals surface area contributed by atoms with Gasteiger partial charge >= 0.3 is 0 Å². The van der Waals surface area contributed by atoms with Crippen LogP contribution in [0.25, 0.3) is 10.9 Å². The Morgan fingerprint density at radius 2 is 1.75 bits per heavy atom. The highest BCUT2D eigenvalue weighted by Gasteiger charge is 2.13. The van der Waals surface area contributed by atoms with E-state index in [1.54, 1.807) is 43.3 Å². The first-order valence-corrected chi connectivity index (χ1v) is 7.43. The first-order valence-electron chi connectivity index (χ1n) is 7.43. The van der Waals surface area contributed by atoms with Gasteiger partial charge < -0.3 is 5.32 Å². The van der Waals surface area contributed by atoms with Crippen LogP contribution >= 0.6 is 0 Å². The van der Waals surface area contributed by atoms with E-state index in [4.69, 9.17) is 0 Å². The van der Waals surface area contributed by atoms with Crippen LogP contribution in [-0.4, -0.2) is 16.7 Å². The topological polar surface area (TPSA) is 59.1 Å². The van der Waals surface area contributed by atoms with Crippen molar-refractivity contribution in [2.75, 3.05) is 5.32 Å². The average Bonchev–Trinajstić information content (AvgIpc) is 2.54. The fourth-order valence-electron chi connectivity index (χ4n) is 2.51. The van der Waals surface area contributed by atoms with Crippen molar-refractivity contribution in [1.29, 1.82) is 0 Å². The Morgan fingerprint density at radius 3 is 2.42 bits per heavy atom. The van der Waals surface area contributed by atoms with E-state index in [1.807, 2.05) is 0 Å². The van der Waals surface area contributed by atoms with Gasteiger partial charge in [0.15, 0.2) is 5.78 Å². The minimum atomic E-state index is -0.397. The molecule has 1 aromatic heterocycles. The third-order valence-electron chi connectivity index (χ3n) is 3.69. The molecule has 1 heterocycles. The molecule has 0 spiro atoms. The van der Waals surface area contributed by atoms with Crippen LogP contribution in [0, 0.1) is 12.7 Å². The van der Waals surface area contributed by atoms with E-state index in [2.05, 4.69) is 10.3 Å². The van der Waals surface area contributed by atoms with Crippen molar-refractivity contribution in [2.45, 2.75) is 13.8 Å². The molecule has 3 rings (SSSR count). The molecule has 24 heavy (non-hydrogen) atoms. The van der Waals surface area contributed by atoms with E-state index in [1.165, 1.54) is 19.1 Å². The molecule has 0 bridgehead atoms. The van der Waals surface area contributed by atoms with Crippen molar-refractivity contribution in [3.05, 3.63) is 71.2 Å². The van der Waals surface area contributed by atoms with Crippen molar-refractivity contribution in [3.63, 3.8) is 0 Å². The third kappa shape index (κ3) is 3.15. The minimum Gasteiger partial charge on any atom is -0.322 e. The number of carbonyl (C=O) groups is 2. The molecule has 0 atom stereocenters. The number of pyridine rings is 1. The SMILES string of the molecule is CC(=O)c1ccc(NC(=O)c2cc(C)nc3cc(F)ccc23)cc1. The van der Waals surface area contributed by atoms with E-state index in [9.17, 15) is 14.0 Å². The summed E-state index contributed by atoms with van der Waals surface area (Å²) in [6, 6.07) is 12.5. The lowest BCUT2D eigenvalue weighted by molar-refractivity contribution is 0.101.